The molecule has 4 nitrogen and oxygen atoms in total. The molecule has 0 unspecified atom stereocenters. The Labute approximate surface area is 139 Å². The lowest BCUT2D eigenvalue weighted by atomic mass is 10.1. The normalized spacial score (nSPS) is 18.1. The molecule has 22 heavy (non-hydrogen) atoms. The van der Waals surface area contributed by atoms with Gasteiger partial charge in [0.05, 0.1) is 16.9 Å². The molecule has 1 aliphatic heterocycles. The van der Waals surface area contributed by atoms with Crippen LogP contribution in [0.2, 0.25) is 0 Å². The van der Waals surface area contributed by atoms with Crippen molar-refractivity contribution in [3.05, 3.63) is 40.3 Å². The van der Waals surface area contributed by atoms with Crippen LogP contribution in [-0.4, -0.2) is 27.1 Å². The van der Waals surface area contributed by atoms with Crippen LogP contribution < -0.4 is 5.11 Å². The lowest BCUT2D eigenvalue weighted by Crippen LogP contribution is -2.49. The number of aliphatic carboxylic acids is 1. The van der Waals surface area contributed by atoms with Crippen LogP contribution in [0.25, 0.3) is 6.08 Å². The Morgan fingerprint density at radius 2 is 2.14 bits per heavy atom. The first kappa shape index (κ1) is 16.7. The Morgan fingerprint density at radius 1 is 1.45 bits per heavy atom. The van der Waals surface area contributed by atoms with Crippen LogP contribution in [0.1, 0.15) is 30.9 Å². The van der Waals surface area contributed by atoms with Gasteiger partial charge in [-0.05, 0) is 30.5 Å². The van der Waals surface area contributed by atoms with Crippen molar-refractivity contribution in [2.24, 2.45) is 0 Å². The molecule has 0 saturated carbocycles. The van der Waals surface area contributed by atoms with E-state index in [0.29, 0.717) is 17.7 Å². The SMILES string of the molecule is CCC[C@@H](C(=O)[O-])N1C(=O)/C(=C/c2ccccc2C)SC1=S. The first-order chi connectivity index (χ1) is 10.5. The van der Waals surface area contributed by atoms with Gasteiger partial charge in [0, 0.05) is 0 Å². The fourth-order valence-corrected chi connectivity index (χ4v) is 3.61. The first-order valence-electron chi connectivity index (χ1n) is 6.99. The van der Waals surface area contributed by atoms with Gasteiger partial charge < -0.3 is 9.90 Å². The lowest BCUT2D eigenvalue weighted by Gasteiger charge is -2.27. The highest BCUT2D eigenvalue weighted by Crippen LogP contribution is 2.35. The van der Waals surface area contributed by atoms with Crippen LogP contribution in [0.3, 0.4) is 0 Å². The molecule has 2 rings (SSSR count). The summed E-state index contributed by atoms with van der Waals surface area (Å²) in [5, 5.41) is 11.3. The molecule has 0 spiro atoms. The second-order valence-corrected chi connectivity index (χ2v) is 6.71. The van der Waals surface area contributed by atoms with Crippen LogP contribution in [0.4, 0.5) is 0 Å². The summed E-state index contributed by atoms with van der Waals surface area (Å²) in [6.45, 7) is 3.81. The number of carboxylic acids is 1. The maximum absolute atomic E-state index is 12.5. The van der Waals surface area contributed by atoms with Crippen molar-refractivity contribution in [3.8, 4) is 0 Å². The molecule has 0 N–H and O–H groups in total. The number of thioether (sulfide) groups is 1. The predicted octanol–water partition coefficient (Wildman–Crippen LogP) is 2.11. The van der Waals surface area contributed by atoms with Gasteiger partial charge in [-0.15, -0.1) is 0 Å². The third-order valence-corrected chi connectivity index (χ3v) is 4.77. The van der Waals surface area contributed by atoms with Gasteiger partial charge in [0.15, 0.2) is 0 Å². The van der Waals surface area contributed by atoms with Crippen molar-refractivity contribution in [2.45, 2.75) is 32.7 Å². The number of hydrogen-bond acceptors (Lipinski definition) is 5. The van der Waals surface area contributed by atoms with Crippen molar-refractivity contribution in [2.75, 3.05) is 0 Å². The van der Waals surface area contributed by atoms with E-state index >= 15 is 0 Å². The van der Waals surface area contributed by atoms with Crippen molar-refractivity contribution in [1.29, 1.82) is 0 Å². The van der Waals surface area contributed by atoms with E-state index in [4.69, 9.17) is 12.2 Å². The van der Waals surface area contributed by atoms with Crippen molar-refractivity contribution in [3.63, 3.8) is 0 Å². The van der Waals surface area contributed by atoms with Crippen LogP contribution in [0.15, 0.2) is 29.2 Å². The van der Waals surface area contributed by atoms with E-state index < -0.39 is 12.0 Å². The van der Waals surface area contributed by atoms with Gasteiger partial charge in [-0.25, -0.2) is 0 Å². The molecule has 1 atom stereocenters. The number of aryl methyl sites for hydroxylation is 1. The largest absolute Gasteiger partial charge is 0.548 e. The van der Waals surface area contributed by atoms with Crippen LogP contribution in [-0.2, 0) is 9.59 Å². The molecule has 0 bridgehead atoms. The van der Waals surface area contributed by atoms with Crippen LogP contribution in [0, 0.1) is 6.92 Å². The summed E-state index contributed by atoms with van der Waals surface area (Å²) in [7, 11) is 0. The summed E-state index contributed by atoms with van der Waals surface area (Å²) in [5.41, 5.74) is 1.96. The standard InChI is InChI=1S/C16H17NO3S2/c1-3-6-12(15(19)20)17-14(18)13(22-16(17)21)9-11-8-5-4-7-10(11)2/h4-5,7-9,12H,3,6H2,1-2H3,(H,19,20)/p-1/b13-9-/t12-/m0/s1. The Kier molecular flexibility index (Phi) is 5.37. The van der Waals surface area contributed by atoms with Gasteiger partial charge in [0.1, 0.15) is 4.32 Å². The molecule has 116 valence electrons. The van der Waals surface area contributed by atoms with Crippen molar-refractivity contribution >= 4 is 46.3 Å². The highest BCUT2D eigenvalue weighted by Gasteiger charge is 2.37. The molecule has 1 heterocycles. The number of hydrogen-bond donors (Lipinski definition) is 0. The molecule has 1 aliphatic rings. The van der Waals surface area contributed by atoms with E-state index in [0.717, 1.165) is 22.9 Å². The minimum Gasteiger partial charge on any atom is -0.548 e. The minimum absolute atomic E-state index is 0.271. The molecular weight excluding hydrogens is 318 g/mol. The predicted molar refractivity (Wildman–Crippen MR) is 89.9 cm³/mol. The lowest BCUT2D eigenvalue weighted by molar-refractivity contribution is -0.310. The molecular formula is C16H16NO3S2-. The number of carboxylic acid groups (broad SMARTS) is 1. The number of carbonyl (C=O) groups excluding carboxylic acids is 2. The van der Waals surface area contributed by atoms with Gasteiger partial charge in [-0.3, -0.25) is 9.69 Å². The molecule has 1 aromatic carbocycles. The van der Waals surface area contributed by atoms with E-state index in [2.05, 4.69) is 0 Å². The maximum atomic E-state index is 12.5. The Hall–Kier alpha value is -1.66. The van der Waals surface area contributed by atoms with Gasteiger partial charge in [0.2, 0.25) is 0 Å². The Balaban J connectivity index is 2.32. The average Bonchev–Trinajstić information content (AvgIpc) is 2.73. The second-order valence-electron chi connectivity index (χ2n) is 5.03. The molecule has 1 amide bonds. The molecule has 0 aliphatic carbocycles. The molecule has 0 aromatic heterocycles. The van der Waals surface area contributed by atoms with E-state index in [9.17, 15) is 14.7 Å². The molecule has 0 radical (unpaired) electrons. The zero-order valence-corrected chi connectivity index (χ0v) is 14.0. The zero-order valence-electron chi connectivity index (χ0n) is 12.4. The summed E-state index contributed by atoms with van der Waals surface area (Å²) in [6, 6.07) is 6.67. The van der Waals surface area contributed by atoms with Gasteiger partial charge in [-0.1, -0.05) is 61.6 Å². The van der Waals surface area contributed by atoms with Gasteiger partial charge in [0.25, 0.3) is 5.91 Å². The quantitative estimate of drug-likeness (QED) is 0.610. The molecule has 1 fully saturated rings. The van der Waals surface area contributed by atoms with Crippen LogP contribution >= 0.6 is 24.0 Å². The minimum atomic E-state index is -1.27. The van der Waals surface area contributed by atoms with Gasteiger partial charge >= 0.3 is 0 Å². The topological polar surface area (TPSA) is 60.4 Å². The third kappa shape index (κ3) is 3.39. The number of carbonyl (C=O) groups is 2. The fourth-order valence-electron chi connectivity index (χ4n) is 2.26. The van der Waals surface area contributed by atoms with Crippen LogP contribution in [0.5, 0.6) is 0 Å². The second kappa shape index (κ2) is 7.07. The van der Waals surface area contributed by atoms with E-state index in [1.54, 1.807) is 6.08 Å². The summed E-state index contributed by atoms with van der Waals surface area (Å²) in [5.74, 6) is -1.63. The number of benzene rings is 1. The van der Waals surface area contributed by atoms with E-state index in [-0.39, 0.29) is 10.2 Å². The fraction of sp³-hybridized carbons (Fsp3) is 0.312. The number of thiocarbonyl (C=S) groups is 1. The monoisotopic (exact) mass is 334 g/mol. The van der Waals surface area contributed by atoms with Crippen molar-refractivity contribution in [1.82, 2.24) is 4.90 Å². The zero-order chi connectivity index (χ0) is 16.3. The molecule has 6 heteroatoms. The van der Waals surface area contributed by atoms with Gasteiger partial charge in [-0.2, -0.15) is 0 Å². The third-order valence-electron chi connectivity index (χ3n) is 3.44. The maximum Gasteiger partial charge on any atom is 0.266 e. The molecule has 1 aromatic rings. The van der Waals surface area contributed by atoms with E-state index in [1.807, 2.05) is 38.1 Å². The average molecular weight is 334 g/mol. The summed E-state index contributed by atoms with van der Waals surface area (Å²) < 4.78 is 0.271. The smallest absolute Gasteiger partial charge is 0.266 e. The molecule has 1 saturated heterocycles. The Bertz CT molecular complexity index is 655. The van der Waals surface area contributed by atoms with E-state index in [1.165, 1.54) is 4.90 Å². The summed E-state index contributed by atoms with van der Waals surface area (Å²) in [4.78, 5) is 25.4. The summed E-state index contributed by atoms with van der Waals surface area (Å²) >= 11 is 6.32. The summed E-state index contributed by atoms with van der Waals surface area (Å²) in [6.07, 6.45) is 2.71. The number of rotatable bonds is 5. The highest BCUT2D eigenvalue weighted by atomic mass is 32.2. The highest BCUT2D eigenvalue weighted by molar-refractivity contribution is 8.26. The Morgan fingerprint density at radius 3 is 2.73 bits per heavy atom. The first-order valence-corrected chi connectivity index (χ1v) is 8.21. The van der Waals surface area contributed by atoms with Crippen molar-refractivity contribution < 1.29 is 14.7 Å². The number of nitrogens with zero attached hydrogens (tertiary/aromatic N) is 1. The number of amides is 1.